The molecule has 2 N–H and O–H groups in total. The predicted molar refractivity (Wildman–Crippen MR) is 82.9 cm³/mol. The van der Waals surface area contributed by atoms with Gasteiger partial charge < -0.3 is 10.6 Å². The highest BCUT2D eigenvalue weighted by Crippen LogP contribution is 2.18. The number of para-hydroxylation sites is 1. The van der Waals surface area contributed by atoms with Gasteiger partial charge in [0, 0.05) is 12.2 Å². The Hall–Kier alpha value is -2.36. The summed E-state index contributed by atoms with van der Waals surface area (Å²) in [4.78, 5) is 12.4. The summed E-state index contributed by atoms with van der Waals surface area (Å²) in [6.07, 6.45) is 0. The first kappa shape index (κ1) is 15.0. The molecule has 0 bridgehead atoms. The normalized spacial score (nSPS) is 11.8. The Morgan fingerprint density at radius 2 is 1.81 bits per heavy atom. The summed E-state index contributed by atoms with van der Waals surface area (Å²) in [6.45, 7) is 4.61. The highest BCUT2D eigenvalue weighted by Gasteiger charge is 2.14. The van der Waals surface area contributed by atoms with Crippen LogP contribution in [0.2, 0.25) is 0 Å². The molecule has 0 aliphatic carbocycles. The molecule has 1 amide bonds. The Morgan fingerprint density at radius 3 is 2.48 bits per heavy atom. The minimum Gasteiger partial charge on any atom is -0.385 e. The van der Waals surface area contributed by atoms with Crippen LogP contribution in [0.4, 0.5) is 10.1 Å². The molecule has 0 saturated heterocycles. The fourth-order valence-corrected chi connectivity index (χ4v) is 2.13. The Balaban J connectivity index is 2.12. The molecule has 4 heteroatoms. The number of hydrogen-bond donors (Lipinski definition) is 2. The molecule has 2 aromatic carbocycles. The lowest BCUT2D eigenvalue weighted by Gasteiger charge is -2.16. The van der Waals surface area contributed by atoms with Crippen LogP contribution in [0.5, 0.6) is 0 Å². The smallest absolute Gasteiger partial charge is 0.253 e. The van der Waals surface area contributed by atoms with Gasteiger partial charge in [0.1, 0.15) is 5.82 Å². The zero-order valence-corrected chi connectivity index (χ0v) is 12.2. The first-order valence-electron chi connectivity index (χ1n) is 7.01. The summed E-state index contributed by atoms with van der Waals surface area (Å²) in [5, 5.41) is 6.10. The van der Waals surface area contributed by atoms with Crippen molar-refractivity contribution in [3.8, 4) is 0 Å². The second kappa shape index (κ2) is 6.88. The van der Waals surface area contributed by atoms with Crippen LogP contribution >= 0.6 is 0 Å². The summed E-state index contributed by atoms with van der Waals surface area (Å²) in [7, 11) is 0. The van der Waals surface area contributed by atoms with Crippen LogP contribution in [0.1, 0.15) is 35.8 Å². The van der Waals surface area contributed by atoms with E-state index in [4.69, 9.17) is 0 Å². The second-order valence-corrected chi connectivity index (χ2v) is 4.82. The molecule has 2 aromatic rings. The van der Waals surface area contributed by atoms with Crippen LogP contribution in [-0.2, 0) is 0 Å². The Bertz CT molecular complexity index is 610. The van der Waals surface area contributed by atoms with Crippen molar-refractivity contribution in [2.75, 3.05) is 11.9 Å². The maximum Gasteiger partial charge on any atom is 0.253 e. The molecule has 1 atom stereocenters. The van der Waals surface area contributed by atoms with Crippen LogP contribution in [0.15, 0.2) is 48.5 Å². The standard InChI is InChI=1S/C17H19FN2O/c1-3-19-16-7-5-4-6-15(16)17(21)20-12(2)13-8-10-14(18)11-9-13/h4-12,19H,3H2,1-2H3,(H,20,21). The first-order valence-corrected chi connectivity index (χ1v) is 7.01. The van der Waals surface area contributed by atoms with Crippen molar-refractivity contribution in [3.63, 3.8) is 0 Å². The predicted octanol–water partition coefficient (Wildman–Crippen LogP) is 3.75. The Labute approximate surface area is 124 Å². The molecular formula is C17H19FN2O. The van der Waals surface area contributed by atoms with Gasteiger partial charge in [-0.05, 0) is 43.7 Å². The van der Waals surface area contributed by atoms with Crippen LogP contribution in [0.25, 0.3) is 0 Å². The van der Waals surface area contributed by atoms with E-state index < -0.39 is 0 Å². The average molecular weight is 286 g/mol. The van der Waals surface area contributed by atoms with Gasteiger partial charge in [-0.15, -0.1) is 0 Å². The number of rotatable bonds is 5. The number of hydrogen-bond acceptors (Lipinski definition) is 2. The van der Waals surface area contributed by atoms with E-state index in [9.17, 15) is 9.18 Å². The molecule has 1 unspecified atom stereocenters. The quantitative estimate of drug-likeness (QED) is 0.879. The molecule has 0 spiro atoms. The molecule has 0 aliphatic rings. The largest absolute Gasteiger partial charge is 0.385 e. The van der Waals surface area contributed by atoms with Crippen LogP contribution in [0.3, 0.4) is 0 Å². The third-order valence-corrected chi connectivity index (χ3v) is 3.26. The lowest BCUT2D eigenvalue weighted by atomic mass is 10.1. The monoisotopic (exact) mass is 286 g/mol. The molecule has 0 heterocycles. The van der Waals surface area contributed by atoms with Crippen molar-refractivity contribution < 1.29 is 9.18 Å². The molecule has 0 aliphatic heterocycles. The van der Waals surface area contributed by atoms with Gasteiger partial charge in [-0.1, -0.05) is 24.3 Å². The summed E-state index contributed by atoms with van der Waals surface area (Å²) in [6, 6.07) is 13.3. The molecule has 110 valence electrons. The van der Waals surface area contributed by atoms with Gasteiger partial charge in [0.2, 0.25) is 0 Å². The maximum absolute atomic E-state index is 12.9. The maximum atomic E-state index is 12.9. The minimum atomic E-state index is -0.283. The fraction of sp³-hybridized carbons (Fsp3) is 0.235. The topological polar surface area (TPSA) is 41.1 Å². The highest BCUT2D eigenvalue weighted by molar-refractivity contribution is 5.99. The van der Waals surface area contributed by atoms with Gasteiger partial charge in [-0.3, -0.25) is 4.79 Å². The van der Waals surface area contributed by atoms with E-state index in [1.807, 2.05) is 32.0 Å². The van der Waals surface area contributed by atoms with Crippen LogP contribution in [-0.4, -0.2) is 12.5 Å². The van der Waals surface area contributed by atoms with E-state index >= 15 is 0 Å². The van der Waals surface area contributed by atoms with Crippen molar-refractivity contribution in [1.29, 1.82) is 0 Å². The number of anilines is 1. The van der Waals surface area contributed by atoms with Crippen molar-refractivity contribution in [2.24, 2.45) is 0 Å². The zero-order chi connectivity index (χ0) is 15.2. The van der Waals surface area contributed by atoms with E-state index in [0.29, 0.717) is 5.56 Å². The van der Waals surface area contributed by atoms with Gasteiger partial charge in [0.25, 0.3) is 5.91 Å². The van der Waals surface area contributed by atoms with Crippen LogP contribution in [0, 0.1) is 5.82 Å². The Morgan fingerprint density at radius 1 is 1.14 bits per heavy atom. The number of halogens is 1. The number of nitrogens with one attached hydrogen (secondary N) is 2. The molecule has 0 aromatic heterocycles. The number of carbonyl (C=O) groups excluding carboxylic acids is 1. The van der Waals surface area contributed by atoms with Crippen molar-refractivity contribution >= 4 is 11.6 Å². The van der Waals surface area contributed by atoms with Gasteiger partial charge in [0.15, 0.2) is 0 Å². The lowest BCUT2D eigenvalue weighted by Crippen LogP contribution is -2.27. The van der Waals surface area contributed by atoms with Crippen molar-refractivity contribution in [1.82, 2.24) is 5.32 Å². The minimum absolute atomic E-state index is 0.150. The molecule has 0 saturated carbocycles. The molecule has 3 nitrogen and oxygen atoms in total. The van der Waals surface area contributed by atoms with Gasteiger partial charge in [-0.2, -0.15) is 0 Å². The van der Waals surface area contributed by atoms with Gasteiger partial charge in [0.05, 0.1) is 11.6 Å². The lowest BCUT2D eigenvalue weighted by molar-refractivity contribution is 0.0940. The molecule has 0 radical (unpaired) electrons. The summed E-state index contributed by atoms with van der Waals surface area (Å²) in [5.41, 5.74) is 2.28. The summed E-state index contributed by atoms with van der Waals surface area (Å²) < 4.78 is 12.9. The van der Waals surface area contributed by atoms with E-state index in [1.165, 1.54) is 12.1 Å². The first-order chi connectivity index (χ1) is 10.1. The molecule has 2 rings (SSSR count). The van der Waals surface area contributed by atoms with E-state index in [-0.39, 0.29) is 17.8 Å². The molecular weight excluding hydrogens is 267 g/mol. The SMILES string of the molecule is CCNc1ccccc1C(=O)NC(C)c1ccc(F)cc1. The second-order valence-electron chi connectivity index (χ2n) is 4.82. The Kier molecular flexibility index (Phi) is 4.93. The molecule has 0 fully saturated rings. The van der Waals surface area contributed by atoms with Gasteiger partial charge in [-0.25, -0.2) is 4.39 Å². The van der Waals surface area contributed by atoms with Crippen LogP contribution < -0.4 is 10.6 Å². The number of carbonyl (C=O) groups is 1. The van der Waals surface area contributed by atoms with Gasteiger partial charge >= 0.3 is 0 Å². The van der Waals surface area contributed by atoms with Crippen molar-refractivity contribution in [2.45, 2.75) is 19.9 Å². The summed E-state index contributed by atoms with van der Waals surface area (Å²) in [5.74, 6) is -0.432. The third-order valence-electron chi connectivity index (χ3n) is 3.26. The number of benzene rings is 2. The number of amides is 1. The zero-order valence-electron chi connectivity index (χ0n) is 12.2. The summed E-state index contributed by atoms with van der Waals surface area (Å²) >= 11 is 0. The van der Waals surface area contributed by atoms with Crippen molar-refractivity contribution in [3.05, 3.63) is 65.5 Å². The van der Waals surface area contributed by atoms with E-state index in [1.54, 1.807) is 18.2 Å². The third kappa shape index (κ3) is 3.81. The molecule has 21 heavy (non-hydrogen) atoms. The van der Waals surface area contributed by atoms with E-state index in [0.717, 1.165) is 17.8 Å². The highest BCUT2D eigenvalue weighted by atomic mass is 19.1. The fourth-order valence-electron chi connectivity index (χ4n) is 2.13. The average Bonchev–Trinajstić information content (AvgIpc) is 2.48. The van der Waals surface area contributed by atoms with E-state index in [2.05, 4.69) is 10.6 Å².